The second-order valence-corrected chi connectivity index (χ2v) is 3.33. The highest BCUT2D eigenvalue weighted by Gasteiger charge is 2.09. The molecule has 14 heavy (non-hydrogen) atoms. The monoisotopic (exact) mass is 226 g/mol. The molecule has 2 aromatic rings. The van der Waals surface area contributed by atoms with E-state index in [2.05, 4.69) is 9.97 Å². The van der Waals surface area contributed by atoms with Gasteiger partial charge in [-0.1, -0.05) is 23.7 Å². The van der Waals surface area contributed by atoms with Crippen molar-refractivity contribution in [2.24, 2.45) is 0 Å². The second kappa shape index (κ2) is 3.52. The van der Waals surface area contributed by atoms with Crippen LogP contribution in [0.2, 0.25) is 5.15 Å². The van der Waals surface area contributed by atoms with Gasteiger partial charge in [0.2, 0.25) is 5.82 Å². The third kappa shape index (κ3) is 1.56. The average Bonchev–Trinajstić information content (AvgIpc) is 2.17. The van der Waals surface area contributed by atoms with Crippen LogP contribution < -0.4 is 0 Å². The van der Waals surface area contributed by atoms with Crippen LogP contribution in [0.4, 0.5) is 0 Å². The van der Waals surface area contributed by atoms with Crippen molar-refractivity contribution in [3.8, 4) is 0 Å². The van der Waals surface area contributed by atoms with Gasteiger partial charge in [-0.25, -0.2) is 9.97 Å². The fourth-order valence-electron chi connectivity index (χ4n) is 1.13. The summed E-state index contributed by atoms with van der Waals surface area (Å²) in [5.74, 6) is -0.0737. The summed E-state index contributed by atoms with van der Waals surface area (Å²) in [4.78, 5) is 18.6. The molecule has 0 aliphatic carbocycles. The molecule has 0 saturated carbocycles. The van der Waals surface area contributed by atoms with Crippen molar-refractivity contribution in [1.82, 2.24) is 9.97 Å². The van der Waals surface area contributed by atoms with Crippen molar-refractivity contribution in [1.29, 1.82) is 0 Å². The van der Waals surface area contributed by atoms with Crippen LogP contribution in [-0.2, 0) is 0 Å². The molecule has 0 spiro atoms. The van der Waals surface area contributed by atoms with Crippen LogP contribution in [0.1, 0.15) is 10.6 Å². The quantitative estimate of drug-likeness (QED) is 0.555. The molecule has 0 saturated heterocycles. The number of nitrogens with zero attached hydrogens (tertiary/aromatic N) is 2. The molecule has 0 N–H and O–H groups in total. The molecule has 3 nitrogen and oxygen atoms in total. The number of benzene rings is 1. The van der Waals surface area contributed by atoms with Gasteiger partial charge in [0.15, 0.2) is 0 Å². The van der Waals surface area contributed by atoms with Gasteiger partial charge < -0.3 is 0 Å². The number of carbonyl (C=O) groups excluding carboxylic acids is 1. The Morgan fingerprint density at radius 3 is 2.64 bits per heavy atom. The summed E-state index contributed by atoms with van der Waals surface area (Å²) in [7, 11) is 0. The Morgan fingerprint density at radius 2 is 1.93 bits per heavy atom. The molecular weight excluding hydrogens is 223 g/mol. The summed E-state index contributed by atoms with van der Waals surface area (Å²) in [6.07, 6.45) is 0. The third-order valence-electron chi connectivity index (χ3n) is 1.73. The molecule has 1 aromatic heterocycles. The number of aromatic nitrogens is 2. The summed E-state index contributed by atoms with van der Waals surface area (Å²) in [5, 5.41) is 0.230. The Labute approximate surface area is 89.7 Å². The number of para-hydroxylation sites is 1. The lowest BCUT2D eigenvalue weighted by Crippen LogP contribution is -1.99. The normalized spacial score (nSPS) is 10.4. The van der Waals surface area contributed by atoms with Gasteiger partial charge in [-0.05, 0) is 23.7 Å². The zero-order valence-electron chi connectivity index (χ0n) is 6.87. The van der Waals surface area contributed by atoms with E-state index in [0.717, 1.165) is 0 Å². The van der Waals surface area contributed by atoms with Crippen molar-refractivity contribution >= 4 is 39.3 Å². The number of fused-ring (bicyclic) bond motifs is 1. The van der Waals surface area contributed by atoms with E-state index in [1.165, 1.54) is 0 Å². The highest BCUT2D eigenvalue weighted by atomic mass is 35.5. The van der Waals surface area contributed by atoms with Gasteiger partial charge in [0.05, 0.1) is 5.52 Å². The molecule has 0 amide bonds. The summed E-state index contributed by atoms with van der Waals surface area (Å²) >= 11 is 11.1. The van der Waals surface area contributed by atoms with Crippen LogP contribution in [0.5, 0.6) is 0 Å². The maximum absolute atomic E-state index is 10.8. The Morgan fingerprint density at radius 1 is 1.21 bits per heavy atom. The minimum Gasteiger partial charge on any atom is -0.272 e. The molecule has 0 fully saturated rings. The lowest BCUT2D eigenvalue weighted by molar-refractivity contribution is 0.107. The van der Waals surface area contributed by atoms with Gasteiger partial charge in [0, 0.05) is 5.39 Å². The van der Waals surface area contributed by atoms with Gasteiger partial charge >= 0.3 is 0 Å². The predicted octanol–water partition coefficient (Wildman–Crippen LogP) is 2.66. The van der Waals surface area contributed by atoms with E-state index in [4.69, 9.17) is 23.2 Å². The first-order valence-corrected chi connectivity index (χ1v) is 4.56. The molecule has 0 aliphatic heterocycles. The summed E-state index contributed by atoms with van der Waals surface area (Å²) in [6.45, 7) is 0. The van der Waals surface area contributed by atoms with Crippen LogP contribution in [0.15, 0.2) is 24.3 Å². The predicted molar refractivity (Wildman–Crippen MR) is 54.7 cm³/mol. The lowest BCUT2D eigenvalue weighted by Gasteiger charge is -1.99. The topological polar surface area (TPSA) is 42.9 Å². The van der Waals surface area contributed by atoms with E-state index in [0.29, 0.717) is 10.9 Å². The van der Waals surface area contributed by atoms with Gasteiger partial charge in [-0.3, -0.25) is 4.79 Å². The molecule has 2 rings (SSSR count). The van der Waals surface area contributed by atoms with E-state index in [1.807, 2.05) is 6.07 Å². The number of carbonyl (C=O) groups is 1. The van der Waals surface area contributed by atoms with Crippen LogP contribution in [0.3, 0.4) is 0 Å². The summed E-state index contributed by atoms with van der Waals surface area (Å²) < 4.78 is 0. The number of halogens is 2. The van der Waals surface area contributed by atoms with Crippen LogP contribution in [-0.4, -0.2) is 15.2 Å². The largest absolute Gasteiger partial charge is 0.289 e. The molecule has 0 radical (unpaired) electrons. The van der Waals surface area contributed by atoms with E-state index in [1.54, 1.807) is 18.2 Å². The van der Waals surface area contributed by atoms with E-state index < -0.39 is 5.24 Å². The summed E-state index contributed by atoms with van der Waals surface area (Å²) in [6, 6.07) is 7.14. The molecule has 0 aliphatic rings. The molecule has 0 atom stereocenters. The number of rotatable bonds is 1. The van der Waals surface area contributed by atoms with Crippen LogP contribution in [0.25, 0.3) is 10.9 Å². The van der Waals surface area contributed by atoms with Gasteiger partial charge in [0.25, 0.3) is 5.24 Å². The van der Waals surface area contributed by atoms with Gasteiger partial charge in [-0.2, -0.15) is 0 Å². The molecular formula is C9H4Cl2N2O. The maximum atomic E-state index is 10.8. The second-order valence-electron chi connectivity index (χ2n) is 2.63. The first kappa shape index (κ1) is 9.37. The zero-order chi connectivity index (χ0) is 10.1. The van der Waals surface area contributed by atoms with Gasteiger partial charge in [0.1, 0.15) is 5.15 Å². The van der Waals surface area contributed by atoms with Crippen LogP contribution >= 0.6 is 23.2 Å². The Balaban J connectivity index is 2.78. The lowest BCUT2D eigenvalue weighted by atomic mass is 10.2. The van der Waals surface area contributed by atoms with Crippen molar-refractivity contribution in [2.45, 2.75) is 0 Å². The summed E-state index contributed by atoms with van der Waals surface area (Å²) in [5.41, 5.74) is 0.608. The zero-order valence-corrected chi connectivity index (χ0v) is 8.38. The highest BCUT2D eigenvalue weighted by molar-refractivity contribution is 6.67. The molecule has 1 heterocycles. The van der Waals surface area contributed by atoms with Crippen LogP contribution in [0, 0.1) is 0 Å². The minimum absolute atomic E-state index is 0.0737. The Bertz CT molecular complexity index is 513. The molecule has 70 valence electrons. The average molecular weight is 227 g/mol. The first-order valence-electron chi connectivity index (χ1n) is 3.80. The Kier molecular flexibility index (Phi) is 2.35. The molecule has 0 unspecified atom stereocenters. The van der Waals surface area contributed by atoms with E-state index in [-0.39, 0.29) is 11.0 Å². The van der Waals surface area contributed by atoms with E-state index in [9.17, 15) is 4.79 Å². The van der Waals surface area contributed by atoms with E-state index >= 15 is 0 Å². The number of hydrogen-bond donors (Lipinski definition) is 0. The molecule has 5 heteroatoms. The first-order chi connectivity index (χ1) is 6.68. The standard InChI is InChI=1S/C9H4Cl2N2O/c10-7-5-3-1-2-4-6(5)12-9(13-7)8(11)14/h1-4H. The fourth-order valence-corrected chi connectivity index (χ4v) is 1.45. The number of hydrogen-bond acceptors (Lipinski definition) is 3. The fraction of sp³-hybridized carbons (Fsp3) is 0. The van der Waals surface area contributed by atoms with Crippen molar-refractivity contribution in [3.05, 3.63) is 35.2 Å². The third-order valence-corrected chi connectivity index (χ3v) is 2.19. The molecule has 0 bridgehead atoms. The SMILES string of the molecule is O=C(Cl)c1nc(Cl)c2ccccc2n1. The Hall–Kier alpha value is -1.19. The highest BCUT2D eigenvalue weighted by Crippen LogP contribution is 2.19. The minimum atomic E-state index is -0.711. The van der Waals surface area contributed by atoms with Crippen molar-refractivity contribution in [2.75, 3.05) is 0 Å². The van der Waals surface area contributed by atoms with Gasteiger partial charge in [-0.15, -0.1) is 0 Å². The van der Waals surface area contributed by atoms with Crippen molar-refractivity contribution < 1.29 is 4.79 Å². The smallest absolute Gasteiger partial charge is 0.272 e. The maximum Gasteiger partial charge on any atom is 0.289 e. The molecule has 1 aromatic carbocycles. The van der Waals surface area contributed by atoms with Crippen molar-refractivity contribution in [3.63, 3.8) is 0 Å².